The number of hydrogen-bond acceptors (Lipinski definition) is 9. The number of fused-ring (bicyclic) bond motifs is 2. The van der Waals surface area contributed by atoms with E-state index in [-0.39, 0.29) is 11.8 Å². The second kappa shape index (κ2) is 8.61. The molecule has 5 rings (SSSR count). The molecule has 0 bridgehead atoms. The normalized spacial score (nSPS) is 24.7. The van der Waals surface area contributed by atoms with E-state index < -0.39 is 36.6 Å². The maximum absolute atomic E-state index is 12.8. The Morgan fingerprint density at radius 1 is 1.23 bits per heavy atom. The first-order valence-electron chi connectivity index (χ1n) is 11.0. The average Bonchev–Trinajstić information content (AvgIpc) is 3.42. The molecule has 3 aromatic rings. The molecule has 2 aliphatic rings. The van der Waals surface area contributed by atoms with Gasteiger partial charge in [-0.1, -0.05) is 12.1 Å². The Morgan fingerprint density at radius 3 is 2.71 bits per heavy atom. The molecule has 1 aromatic carbocycles. The number of nitrogens with one attached hydrogen (secondary N) is 1. The predicted molar refractivity (Wildman–Crippen MR) is 125 cm³/mol. The molecule has 0 unspecified atom stereocenters. The minimum Gasteiger partial charge on any atom is -0.345 e. The van der Waals surface area contributed by atoms with Gasteiger partial charge in [-0.3, -0.25) is 0 Å². The number of hydrogen-bond donors (Lipinski definition) is 1. The van der Waals surface area contributed by atoms with Crippen LogP contribution in [0.15, 0.2) is 29.3 Å². The van der Waals surface area contributed by atoms with E-state index in [1.54, 1.807) is 20.8 Å². The van der Waals surface area contributed by atoms with Crippen LogP contribution in [0.25, 0.3) is 20.8 Å². The van der Waals surface area contributed by atoms with Crippen LogP contribution in [0.1, 0.15) is 26.0 Å². The number of alkyl halides is 3. The molecule has 1 saturated heterocycles. The summed E-state index contributed by atoms with van der Waals surface area (Å²) in [6, 6.07) is 7.58. The Balaban J connectivity index is 1.62. The lowest BCUT2D eigenvalue weighted by molar-refractivity contribution is -0.150. The minimum absolute atomic E-state index is 0.162. The van der Waals surface area contributed by atoms with Crippen molar-refractivity contribution in [2.75, 3.05) is 11.9 Å². The van der Waals surface area contributed by atoms with Gasteiger partial charge in [-0.05, 0) is 32.9 Å². The summed E-state index contributed by atoms with van der Waals surface area (Å²) in [6.07, 6.45) is -4.38. The smallest absolute Gasteiger partial charge is 0.345 e. The number of anilines is 1. The van der Waals surface area contributed by atoms with Crippen molar-refractivity contribution < 1.29 is 27.4 Å². The summed E-state index contributed by atoms with van der Waals surface area (Å²) in [5.74, 6) is -1.38. The van der Waals surface area contributed by atoms with Crippen molar-refractivity contribution in [1.29, 1.82) is 0 Å². The number of carbonyl (C=O) groups is 1. The second-order valence-corrected chi connectivity index (χ2v) is 9.95. The number of halogens is 3. The third-order valence-corrected chi connectivity index (χ3v) is 6.83. The van der Waals surface area contributed by atoms with Crippen molar-refractivity contribution in [3.8, 4) is 10.6 Å². The number of aldehydes is 1. The van der Waals surface area contributed by atoms with Crippen molar-refractivity contribution >= 4 is 45.3 Å². The molecule has 1 N–H and O–H groups in total. The van der Waals surface area contributed by atoms with Gasteiger partial charge in [0.15, 0.2) is 11.6 Å². The molecular formula is C23H22F3N5O3S. The molecule has 1 saturated carbocycles. The van der Waals surface area contributed by atoms with Crippen LogP contribution in [0.4, 0.5) is 24.9 Å². The van der Waals surface area contributed by atoms with Crippen LogP contribution >= 0.6 is 11.3 Å². The largest absolute Gasteiger partial charge is 0.405 e. The number of aliphatic imine (C=N–C) groups is 1. The highest BCUT2D eigenvalue weighted by molar-refractivity contribution is 7.21. The van der Waals surface area contributed by atoms with Crippen LogP contribution in [0.2, 0.25) is 0 Å². The SMILES string of the molecule is Cc1nc(NCC(F)(F)F)nc(N=C2C[C@H](C=O)[C@H]3OC(C)(C)O[C@@H]23)c1-c1nc2ccccc2s1. The topological polar surface area (TPSA) is 98.6 Å². The van der Waals surface area contributed by atoms with Crippen LogP contribution in [0, 0.1) is 12.8 Å². The molecule has 0 radical (unpaired) electrons. The zero-order valence-corrected chi connectivity index (χ0v) is 19.9. The fourth-order valence-corrected chi connectivity index (χ4v) is 5.39. The Labute approximate surface area is 202 Å². The molecule has 184 valence electrons. The van der Waals surface area contributed by atoms with Gasteiger partial charge < -0.3 is 19.6 Å². The van der Waals surface area contributed by atoms with Crippen LogP contribution in [0.5, 0.6) is 0 Å². The van der Waals surface area contributed by atoms with Gasteiger partial charge in [0.1, 0.15) is 30.0 Å². The molecular weight excluding hydrogens is 483 g/mol. The van der Waals surface area contributed by atoms with Gasteiger partial charge in [-0.25, -0.2) is 15.0 Å². The van der Waals surface area contributed by atoms with Gasteiger partial charge in [0.25, 0.3) is 0 Å². The number of aromatic nitrogens is 3. The lowest BCUT2D eigenvalue weighted by atomic mass is 10.1. The molecule has 0 spiro atoms. The van der Waals surface area contributed by atoms with E-state index in [4.69, 9.17) is 14.5 Å². The van der Waals surface area contributed by atoms with Gasteiger partial charge in [0.05, 0.1) is 27.2 Å². The van der Waals surface area contributed by atoms with Crippen molar-refractivity contribution in [1.82, 2.24) is 15.0 Å². The van der Waals surface area contributed by atoms with Gasteiger partial charge in [0.2, 0.25) is 5.95 Å². The number of aryl methyl sites for hydroxylation is 1. The Hall–Kier alpha value is -2.96. The van der Waals surface area contributed by atoms with E-state index in [1.165, 1.54) is 11.3 Å². The molecule has 8 nitrogen and oxygen atoms in total. The average molecular weight is 506 g/mol. The molecule has 35 heavy (non-hydrogen) atoms. The second-order valence-electron chi connectivity index (χ2n) is 8.91. The lowest BCUT2D eigenvalue weighted by Gasteiger charge is -2.19. The number of rotatable bonds is 5. The molecule has 3 atom stereocenters. The van der Waals surface area contributed by atoms with E-state index in [2.05, 4.69) is 20.3 Å². The number of para-hydroxylation sites is 1. The zero-order valence-electron chi connectivity index (χ0n) is 19.1. The summed E-state index contributed by atoms with van der Waals surface area (Å²) in [6.45, 7) is 3.90. The number of nitrogens with zero attached hydrogens (tertiary/aromatic N) is 4. The standard InChI is InChI=1S/C23H22F3N5O3S/c1-11-16(20-30-13-6-4-5-7-15(13)35-20)19(31-21(28-11)27-10-23(24,25)26)29-14-8-12(9-32)17-18(14)34-22(2,3)33-17/h4-7,9,12,17-18H,8,10H2,1-3H3,(H,27,28,31)/t12-,17-,18+/m1/s1. The molecule has 2 fully saturated rings. The number of benzene rings is 1. The van der Waals surface area contributed by atoms with Crippen molar-refractivity contribution in [3.05, 3.63) is 30.0 Å². The fourth-order valence-electron chi connectivity index (χ4n) is 4.33. The van der Waals surface area contributed by atoms with Crippen LogP contribution in [0.3, 0.4) is 0 Å². The highest BCUT2D eigenvalue weighted by atomic mass is 32.1. The van der Waals surface area contributed by atoms with Gasteiger partial charge in [-0.2, -0.15) is 18.2 Å². The van der Waals surface area contributed by atoms with Crippen molar-refractivity contribution in [3.63, 3.8) is 0 Å². The minimum atomic E-state index is -4.44. The summed E-state index contributed by atoms with van der Waals surface area (Å²) < 4.78 is 51.3. The number of thiazole rings is 1. The van der Waals surface area contributed by atoms with Gasteiger partial charge >= 0.3 is 6.18 Å². The van der Waals surface area contributed by atoms with Crippen LogP contribution in [-0.2, 0) is 14.3 Å². The Morgan fingerprint density at radius 2 is 2.00 bits per heavy atom. The predicted octanol–water partition coefficient (Wildman–Crippen LogP) is 4.85. The monoisotopic (exact) mass is 505 g/mol. The number of ether oxygens (including phenoxy) is 2. The zero-order chi connectivity index (χ0) is 25.0. The molecule has 12 heteroatoms. The third kappa shape index (κ3) is 4.78. The quantitative estimate of drug-likeness (QED) is 0.495. The van der Waals surface area contributed by atoms with E-state index in [1.807, 2.05) is 24.3 Å². The first-order valence-corrected chi connectivity index (χ1v) is 11.8. The highest BCUT2D eigenvalue weighted by Crippen LogP contribution is 2.42. The third-order valence-electron chi connectivity index (χ3n) is 5.77. The Kier molecular flexibility index (Phi) is 5.85. The summed E-state index contributed by atoms with van der Waals surface area (Å²) in [5.41, 5.74) is 2.26. The van der Waals surface area contributed by atoms with E-state index in [9.17, 15) is 18.0 Å². The van der Waals surface area contributed by atoms with E-state index >= 15 is 0 Å². The fraction of sp³-hybridized carbons (Fsp3) is 0.435. The van der Waals surface area contributed by atoms with Crippen molar-refractivity contribution in [2.24, 2.45) is 10.9 Å². The highest BCUT2D eigenvalue weighted by Gasteiger charge is 2.52. The molecule has 0 amide bonds. The summed E-state index contributed by atoms with van der Waals surface area (Å²) in [5, 5.41) is 2.82. The molecule has 1 aliphatic carbocycles. The maximum Gasteiger partial charge on any atom is 0.405 e. The van der Waals surface area contributed by atoms with Gasteiger partial charge in [-0.15, -0.1) is 11.3 Å². The van der Waals surface area contributed by atoms with E-state index in [0.29, 0.717) is 28.4 Å². The molecule has 2 aromatic heterocycles. The van der Waals surface area contributed by atoms with Crippen molar-refractivity contribution in [2.45, 2.75) is 51.4 Å². The van der Waals surface area contributed by atoms with Crippen LogP contribution < -0.4 is 5.32 Å². The number of carbonyl (C=O) groups excluding carboxylic acids is 1. The summed E-state index contributed by atoms with van der Waals surface area (Å²) in [4.78, 5) is 29.7. The molecule has 3 heterocycles. The Bertz CT molecular complexity index is 1290. The van der Waals surface area contributed by atoms with Gasteiger partial charge in [0, 0.05) is 12.3 Å². The molecule has 1 aliphatic heterocycles. The van der Waals surface area contributed by atoms with E-state index in [0.717, 1.165) is 16.5 Å². The van der Waals surface area contributed by atoms with Crippen LogP contribution in [-0.4, -0.2) is 57.7 Å². The maximum atomic E-state index is 12.8. The summed E-state index contributed by atoms with van der Waals surface area (Å²) >= 11 is 1.41. The summed E-state index contributed by atoms with van der Waals surface area (Å²) in [7, 11) is 0. The lowest BCUT2D eigenvalue weighted by Crippen LogP contribution is -2.25. The first kappa shape index (κ1) is 23.8. The first-order chi connectivity index (χ1) is 16.5.